The molecule has 2 unspecified atom stereocenters. The molecule has 0 radical (unpaired) electrons. The molecule has 1 fully saturated rings. The van der Waals surface area contributed by atoms with E-state index in [1.54, 1.807) is 0 Å². The van der Waals surface area contributed by atoms with Gasteiger partial charge in [-0.25, -0.2) is 0 Å². The van der Waals surface area contributed by atoms with E-state index in [0.29, 0.717) is 12.5 Å². The summed E-state index contributed by atoms with van der Waals surface area (Å²) in [5, 5.41) is 8.62. The van der Waals surface area contributed by atoms with Crippen molar-refractivity contribution in [2.75, 3.05) is 6.61 Å². The van der Waals surface area contributed by atoms with E-state index in [4.69, 9.17) is 14.6 Å². The average Bonchev–Trinajstić information content (AvgIpc) is 2.67. The molecule has 0 aromatic rings. The first kappa shape index (κ1) is 24.4. The van der Waals surface area contributed by atoms with Gasteiger partial charge in [-0.2, -0.15) is 0 Å². The van der Waals surface area contributed by atoms with E-state index in [1.807, 2.05) is 0 Å². The van der Waals surface area contributed by atoms with Crippen LogP contribution >= 0.6 is 0 Å². The van der Waals surface area contributed by atoms with Crippen LogP contribution in [0.5, 0.6) is 0 Å². The normalized spacial score (nSPS) is 18.5. The molecular weight excluding hydrogens is 340 g/mol. The van der Waals surface area contributed by atoms with E-state index in [0.717, 1.165) is 25.9 Å². The molecule has 2 atom stereocenters. The van der Waals surface area contributed by atoms with Gasteiger partial charge in [0.15, 0.2) is 6.29 Å². The molecule has 0 bridgehead atoms. The Bertz CT molecular complexity index is 339. The first-order chi connectivity index (χ1) is 13.2. The van der Waals surface area contributed by atoms with E-state index >= 15 is 0 Å². The number of hydrogen-bond acceptors (Lipinski definition) is 3. The van der Waals surface area contributed by atoms with Gasteiger partial charge >= 0.3 is 5.97 Å². The first-order valence-corrected chi connectivity index (χ1v) is 11.7. The molecule has 0 aromatic carbocycles. The molecule has 160 valence electrons. The summed E-state index contributed by atoms with van der Waals surface area (Å²) in [5.74, 6) is -0.667. The second-order valence-corrected chi connectivity index (χ2v) is 8.16. The number of carboxylic acids is 1. The Morgan fingerprint density at radius 1 is 0.926 bits per heavy atom. The van der Waals surface area contributed by atoms with Gasteiger partial charge in [0.1, 0.15) is 0 Å². The van der Waals surface area contributed by atoms with Crippen molar-refractivity contribution in [2.45, 2.75) is 135 Å². The van der Waals surface area contributed by atoms with E-state index in [-0.39, 0.29) is 6.29 Å². The van der Waals surface area contributed by atoms with Crippen molar-refractivity contribution in [2.24, 2.45) is 0 Å². The zero-order valence-corrected chi connectivity index (χ0v) is 17.8. The Morgan fingerprint density at radius 3 is 2.07 bits per heavy atom. The standard InChI is InChI=1S/C23H44O4/c1-2-3-4-11-16-21(27-23-19-14-15-20-26-23)17-12-9-7-5-6-8-10-13-18-22(24)25/h21,23H,2-20H2,1H3,(H,24,25). The molecule has 4 nitrogen and oxygen atoms in total. The molecule has 0 spiro atoms. The monoisotopic (exact) mass is 384 g/mol. The zero-order valence-electron chi connectivity index (χ0n) is 17.8. The highest BCUT2D eigenvalue weighted by Gasteiger charge is 2.19. The summed E-state index contributed by atoms with van der Waals surface area (Å²) in [6, 6.07) is 0. The summed E-state index contributed by atoms with van der Waals surface area (Å²) in [6.07, 6.45) is 21.2. The number of unbranched alkanes of at least 4 members (excludes halogenated alkanes) is 10. The van der Waals surface area contributed by atoms with Crippen molar-refractivity contribution in [3.8, 4) is 0 Å². The van der Waals surface area contributed by atoms with Crippen molar-refractivity contribution in [3.63, 3.8) is 0 Å². The topological polar surface area (TPSA) is 55.8 Å². The third-order valence-electron chi connectivity index (χ3n) is 5.53. The van der Waals surface area contributed by atoms with Crippen LogP contribution in [-0.4, -0.2) is 30.1 Å². The zero-order chi connectivity index (χ0) is 19.6. The van der Waals surface area contributed by atoms with E-state index < -0.39 is 5.97 Å². The summed E-state index contributed by atoms with van der Waals surface area (Å²) in [5.41, 5.74) is 0. The van der Waals surface area contributed by atoms with Gasteiger partial charge in [0.05, 0.1) is 6.10 Å². The van der Waals surface area contributed by atoms with Crippen LogP contribution in [0.1, 0.15) is 122 Å². The lowest BCUT2D eigenvalue weighted by molar-refractivity contribution is -0.190. The molecule has 0 amide bonds. The number of aliphatic carboxylic acids is 1. The third kappa shape index (κ3) is 15.0. The highest BCUT2D eigenvalue weighted by molar-refractivity contribution is 5.66. The Morgan fingerprint density at radius 2 is 1.52 bits per heavy atom. The lowest BCUT2D eigenvalue weighted by atomic mass is 10.0. The maximum Gasteiger partial charge on any atom is 0.303 e. The van der Waals surface area contributed by atoms with E-state index in [2.05, 4.69) is 6.92 Å². The Hall–Kier alpha value is -0.610. The molecule has 1 heterocycles. The molecule has 1 saturated heterocycles. The molecule has 1 N–H and O–H groups in total. The minimum Gasteiger partial charge on any atom is -0.481 e. The molecule has 0 aromatic heterocycles. The van der Waals surface area contributed by atoms with Gasteiger partial charge in [0.2, 0.25) is 0 Å². The fourth-order valence-corrected chi connectivity index (χ4v) is 3.82. The van der Waals surface area contributed by atoms with Crippen LogP contribution in [0.25, 0.3) is 0 Å². The Kier molecular flexibility index (Phi) is 15.8. The number of carboxylic acid groups (broad SMARTS) is 1. The van der Waals surface area contributed by atoms with Crippen molar-refractivity contribution >= 4 is 5.97 Å². The van der Waals surface area contributed by atoms with Gasteiger partial charge in [-0.15, -0.1) is 0 Å². The number of carbonyl (C=O) groups is 1. The van der Waals surface area contributed by atoms with Crippen LogP contribution < -0.4 is 0 Å². The number of hydrogen-bond donors (Lipinski definition) is 1. The largest absolute Gasteiger partial charge is 0.481 e. The molecular formula is C23H44O4. The van der Waals surface area contributed by atoms with Crippen LogP contribution in [0.2, 0.25) is 0 Å². The van der Waals surface area contributed by atoms with Crippen LogP contribution in [0.15, 0.2) is 0 Å². The highest BCUT2D eigenvalue weighted by atomic mass is 16.7. The summed E-state index contributed by atoms with van der Waals surface area (Å²) in [6.45, 7) is 3.12. The molecule has 1 aliphatic heterocycles. The summed E-state index contributed by atoms with van der Waals surface area (Å²) in [7, 11) is 0. The minimum atomic E-state index is -0.667. The summed E-state index contributed by atoms with van der Waals surface area (Å²) < 4.78 is 12.1. The van der Waals surface area contributed by atoms with Gasteiger partial charge in [0.25, 0.3) is 0 Å². The van der Waals surface area contributed by atoms with E-state index in [1.165, 1.54) is 89.9 Å². The van der Waals surface area contributed by atoms with Crippen molar-refractivity contribution in [1.29, 1.82) is 0 Å². The van der Waals surface area contributed by atoms with Crippen LogP contribution in [0.3, 0.4) is 0 Å². The second-order valence-electron chi connectivity index (χ2n) is 8.16. The lowest BCUT2D eigenvalue weighted by Gasteiger charge is -2.28. The fourth-order valence-electron chi connectivity index (χ4n) is 3.82. The second kappa shape index (κ2) is 17.5. The van der Waals surface area contributed by atoms with Gasteiger partial charge in [-0.05, 0) is 38.5 Å². The predicted octanol–water partition coefficient (Wildman–Crippen LogP) is 6.85. The van der Waals surface area contributed by atoms with Crippen molar-refractivity contribution in [1.82, 2.24) is 0 Å². The first-order valence-electron chi connectivity index (χ1n) is 11.7. The SMILES string of the molecule is CCCCCCC(CCCCCCCCCCC(=O)O)OC1CCCCO1. The van der Waals surface area contributed by atoms with E-state index in [9.17, 15) is 4.79 Å². The molecule has 1 aliphatic rings. The van der Waals surface area contributed by atoms with Gasteiger partial charge in [0, 0.05) is 13.0 Å². The molecule has 0 saturated carbocycles. The average molecular weight is 385 g/mol. The van der Waals surface area contributed by atoms with Crippen LogP contribution in [0.4, 0.5) is 0 Å². The lowest BCUT2D eigenvalue weighted by Crippen LogP contribution is -2.28. The van der Waals surface area contributed by atoms with Gasteiger partial charge in [-0.3, -0.25) is 4.79 Å². The molecule has 4 heteroatoms. The van der Waals surface area contributed by atoms with Crippen LogP contribution in [-0.2, 0) is 14.3 Å². The van der Waals surface area contributed by atoms with Crippen LogP contribution in [0, 0.1) is 0 Å². The summed E-state index contributed by atoms with van der Waals surface area (Å²) in [4.78, 5) is 10.5. The third-order valence-corrected chi connectivity index (χ3v) is 5.53. The van der Waals surface area contributed by atoms with Gasteiger partial charge in [-0.1, -0.05) is 77.6 Å². The smallest absolute Gasteiger partial charge is 0.303 e. The minimum absolute atomic E-state index is 0.0423. The quantitative estimate of drug-likeness (QED) is 0.262. The highest BCUT2D eigenvalue weighted by Crippen LogP contribution is 2.22. The maximum atomic E-state index is 10.5. The maximum absolute atomic E-state index is 10.5. The number of ether oxygens (including phenoxy) is 2. The van der Waals surface area contributed by atoms with Crippen molar-refractivity contribution < 1.29 is 19.4 Å². The molecule has 1 rings (SSSR count). The number of rotatable bonds is 18. The summed E-state index contributed by atoms with van der Waals surface area (Å²) >= 11 is 0. The Balaban J connectivity index is 2.06. The predicted molar refractivity (Wildman–Crippen MR) is 111 cm³/mol. The molecule has 0 aliphatic carbocycles. The fraction of sp³-hybridized carbons (Fsp3) is 0.957. The molecule has 27 heavy (non-hydrogen) atoms. The Labute approximate surface area is 167 Å². The van der Waals surface area contributed by atoms with Gasteiger partial charge < -0.3 is 14.6 Å². The van der Waals surface area contributed by atoms with Crippen molar-refractivity contribution in [3.05, 3.63) is 0 Å².